The minimum atomic E-state index is -0.312. The molecule has 11 heavy (non-hydrogen) atoms. The molecule has 0 amide bonds. The first-order chi connectivity index (χ1) is 5.22. The maximum atomic E-state index is 10.9. The zero-order valence-electron chi connectivity index (χ0n) is 7.14. The second-order valence-electron chi connectivity index (χ2n) is 2.14. The molecule has 0 saturated heterocycles. The molecule has 0 aliphatic heterocycles. The lowest BCUT2D eigenvalue weighted by Gasteiger charge is -2.04. The summed E-state index contributed by atoms with van der Waals surface area (Å²) < 4.78 is 4.79. The highest BCUT2D eigenvalue weighted by atomic mass is 16.5. The monoisotopic (exact) mass is 157 g/mol. The van der Waals surface area contributed by atoms with Gasteiger partial charge in [-0.1, -0.05) is 20.4 Å². The molecular formula is C8H15NO2. The van der Waals surface area contributed by atoms with Crippen LogP contribution in [0, 0.1) is 0 Å². The smallest absolute Gasteiger partial charge is 0.334 e. The molecule has 0 unspecified atom stereocenters. The van der Waals surface area contributed by atoms with Crippen LogP contribution in [-0.2, 0) is 9.53 Å². The lowest BCUT2D eigenvalue weighted by Crippen LogP contribution is -2.20. The zero-order chi connectivity index (χ0) is 8.69. The molecule has 0 saturated carbocycles. The summed E-state index contributed by atoms with van der Waals surface area (Å²) in [4.78, 5) is 10.9. The van der Waals surface area contributed by atoms with Crippen molar-refractivity contribution in [2.45, 2.75) is 20.3 Å². The van der Waals surface area contributed by atoms with Crippen molar-refractivity contribution in [3.63, 3.8) is 0 Å². The van der Waals surface area contributed by atoms with Crippen LogP contribution in [0.15, 0.2) is 12.2 Å². The fourth-order valence-corrected chi connectivity index (χ4v) is 0.465. The largest absolute Gasteiger partial charge is 0.446 e. The lowest BCUT2D eigenvalue weighted by molar-refractivity contribution is -0.139. The van der Waals surface area contributed by atoms with Gasteiger partial charge in [0.2, 0.25) is 0 Å². The highest BCUT2D eigenvalue weighted by Gasteiger charge is 2.03. The van der Waals surface area contributed by atoms with Gasteiger partial charge in [0.05, 0.1) is 0 Å². The second kappa shape index (κ2) is 5.92. The number of nitrogens with one attached hydrogen (secondary N) is 1. The highest BCUT2D eigenvalue weighted by Crippen LogP contribution is 1.97. The fraction of sp³-hybridized carbons (Fsp3) is 0.625. The van der Waals surface area contributed by atoms with E-state index >= 15 is 0 Å². The summed E-state index contributed by atoms with van der Waals surface area (Å²) in [6.07, 6.45) is 0.644. The highest BCUT2D eigenvalue weighted by molar-refractivity contribution is 5.87. The molecule has 0 bridgehead atoms. The van der Waals surface area contributed by atoms with Crippen molar-refractivity contribution in [1.82, 2.24) is 5.32 Å². The van der Waals surface area contributed by atoms with E-state index in [1.807, 2.05) is 13.8 Å². The van der Waals surface area contributed by atoms with E-state index < -0.39 is 0 Å². The van der Waals surface area contributed by atoms with Crippen LogP contribution in [0.5, 0.6) is 0 Å². The maximum absolute atomic E-state index is 10.9. The van der Waals surface area contributed by atoms with E-state index in [4.69, 9.17) is 4.74 Å². The van der Waals surface area contributed by atoms with E-state index in [2.05, 4.69) is 11.9 Å². The van der Waals surface area contributed by atoms with Gasteiger partial charge in [0.1, 0.15) is 6.73 Å². The Balaban J connectivity index is 3.44. The number of hydrogen-bond donors (Lipinski definition) is 1. The Hall–Kier alpha value is -0.830. The molecule has 0 aromatic carbocycles. The number of carbonyl (C=O) groups excluding carboxylic acids is 1. The van der Waals surface area contributed by atoms with Gasteiger partial charge in [0, 0.05) is 5.57 Å². The van der Waals surface area contributed by atoms with E-state index in [-0.39, 0.29) is 12.7 Å². The third-order valence-electron chi connectivity index (χ3n) is 1.27. The minimum absolute atomic E-state index is 0.272. The fourth-order valence-electron chi connectivity index (χ4n) is 0.465. The van der Waals surface area contributed by atoms with Gasteiger partial charge in [-0.2, -0.15) is 0 Å². The number of rotatable bonds is 5. The van der Waals surface area contributed by atoms with Crippen LogP contribution in [-0.4, -0.2) is 19.2 Å². The third kappa shape index (κ3) is 4.56. The van der Waals surface area contributed by atoms with Gasteiger partial charge < -0.3 is 4.74 Å². The molecule has 0 rings (SSSR count). The molecule has 0 fully saturated rings. The first kappa shape index (κ1) is 10.2. The summed E-state index contributed by atoms with van der Waals surface area (Å²) in [6, 6.07) is 0. The Morgan fingerprint density at radius 1 is 1.55 bits per heavy atom. The van der Waals surface area contributed by atoms with Gasteiger partial charge >= 0.3 is 5.97 Å². The number of carbonyl (C=O) groups is 1. The van der Waals surface area contributed by atoms with Crippen molar-refractivity contribution in [2.24, 2.45) is 0 Å². The molecule has 0 radical (unpaired) electrons. The van der Waals surface area contributed by atoms with Gasteiger partial charge in [-0.05, 0) is 13.0 Å². The van der Waals surface area contributed by atoms with Crippen LogP contribution in [0.25, 0.3) is 0 Å². The molecule has 0 aliphatic rings. The molecule has 0 atom stereocenters. The molecule has 3 heteroatoms. The summed E-state index contributed by atoms with van der Waals surface area (Å²) in [5.74, 6) is -0.312. The van der Waals surface area contributed by atoms with Gasteiger partial charge in [0.15, 0.2) is 0 Å². The van der Waals surface area contributed by atoms with Crippen LogP contribution >= 0.6 is 0 Å². The summed E-state index contributed by atoms with van der Waals surface area (Å²) in [6.45, 7) is 8.44. The average Bonchev–Trinajstić information content (AvgIpc) is 2.03. The van der Waals surface area contributed by atoms with Crippen LogP contribution in [0.1, 0.15) is 20.3 Å². The van der Waals surface area contributed by atoms with Crippen molar-refractivity contribution < 1.29 is 9.53 Å². The van der Waals surface area contributed by atoms with Crippen molar-refractivity contribution in [2.75, 3.05) is 13.3 Å². The standard InChI is InChI=1S/C8H15NO2/c1-4-7(3)8(10)11-6-9-5-2/h9H,3-6H2,1-2H3. The molecule has 64 valence electrons. The summed E-state index contributed by atoms with van der Waals surface area (Å²) in [5, 5.41) is 2.87. The summed E-state index contributed by atoms with van der Waals surface area (Å²) in [7, 11) is 0. The first-order valence-corrected chi connectivity index (χ1v) is 3.78. The molecule has 0 heterocycles. The van der Waals surface area contributed by atoms with E-state index in [9.17, 15) is 4.79 Å². The predicted molar refractivity (Wildman–Crippen MR) is 44.1 cm³/mol. The predicted octanol–water partition coefficient (Wildman–Crippen LogP) is 1.06. The van der Waals surface area contributed by atoms with E-state index in [1.165, 1.54) is 0 Å². The Labute approximate surface area is 67.4 Å². The SMILES string of the molecule is C=C(CC)C(=O)OCNCC. The van der Waals surface area contributed by atoms with Gasteiger partial charge in [-0.3, -0.25) is 5.32 Å². The van der Waals surface area contributed by atoms with Crippen molar-refractivity contribution >= 4 is 5.97 Å². The third-order valence-corrected chi connectivity index (χ3v) is 1.27. The molecule has 1 N–H and O–H groups in total. The Morgan fingerprint density at radius 2 is 2.18 bits per heavy atom. The van der Waals surface area contributed by atoms with Gasteiger partial charge in [-0.15, -0.1) is 0 Å². The average molecular weight is 157 g/mol. The van der Waals surface area contributed by atoms with Crippen molar-refractivity contribution in [3.05, 3.63) is 12.2 Å². The number of hydrogen-bond acceptors (Lipinski definition) is 3. The lowest BCUT2D eigenvalue weighted by atomic mass is 10.2. The van der Waals surface area contributed by atoms with E-state index in [1.54, 1.807) is 0 Å². The Kier molecular flexibility index (Phi) is 5.47. The van der Waals surface area contributed by atoms with E-state index in [0.29, 0.717) is 12.0 Å². The summed E-state index contributed by atoms with van der Waals surface area (Å²) in [5.41, 5.74) is 0.517. The van der Waals surface area contributed by atoms with Crippen LogP contribution in [0.2, 0.25) is 0 Å². The molecule has 0 aliphatic carbocycles. The van der Waals surface area contributed by atoms with Crippen molar-refractivity contribution in [3.8, 4) is 0 Å². The Morgan fingerprint density at radius 3 is 2.64 bits per heavy atom. The van der Waals surface area contributed by atoms with Crippen LogP contribution in [0.4, 0.5) is 0 Å². The zero-order valence-corrected chi connectivity index (χ0v) is 7.14. The molecule has 0 aromatic heterocycles. The topological polar surface area (TPSA) is 38.3 Å². The van der Waals surface area contributed by atoms with Crippen molar-refractivity contribution in [1.29, 1.82) is 0 Å². The van der Waals surface area contributed by atoms with Gasteiger partial charge in [0.25, 0.3) is 0 Å². The summed E-state index contributed by atoms with van der Waals surface area (Å²) >= 11 is 0. The number of ether oxygens (including phenoxy) is 1. The first-order valence-electron chi connectivity index (χ1n) is 3.78. The molecule has 0 spiro atoms. The van der Waals surface area contributed by atoms with E-state index in [0.717, 1.165) is 6.54 Å². The van der Waals surface area contributed by atoms with Crippen LogP contribution < -0.4 is 5.32 Å². The normalized spacial score (nSPS) is 9.27. The molecule has 0 aromatic rings. The molecular weight excluding hydrogens is 142 g/mol. The Bertz CT molecular complexity index is 143. The quantitative estimate of drug-likeness (QED) is 0.281. The second-order valence-corrected chi connectivity index (χ2v) is 2.14. The number of esters is 1. The van der Waals surface area contributed by atoms with Crippen LogP contribution in [0.3, 0.4) is 0 Å². The van der Waals surface area contributed by atoms with Gasteiger partial charge in [-0.25, -0.2) is 4.79 Å². The molecule has 3 nitrogen and oxygen atoms in total. The minimum Gasteiger partial charge on any atom is -0.446 e. The maximum Gasteiger partial charge on any atom is 0.334 e.